The molecule has 0 radical (unpaired) electrons. The number of rotatable bonds is 3. The van der Waals surface area contributed by atoms with Crippen molar-refractivity contribution in [2.24, 2.45) is 11.7 Å². The monoisotopic (exact) mass is 337 g/mol. The van der Waals surface area contributed by atoms with E-state index in [2.05, 4.69) is 15.9 Å². The van der Waals surface area contributed by atoms with Crippen LogP contribution in [0.1, 0.15) is 19.8 Å². The second kappa shape index (κ2) is 5.97. The molecule has 2 N–H and O–H groups in total. The molecule has 2 rings (SSSR count). The molecule has 1 aromatic rings. The van der Waals surface area contributed by atoms with Crippen LogP contribution < -0.4 is 10.5 Å². The number of fused-ring (bicyclic) bond motifs is 1. The van der Waals surface area contributed by atoms with Gasteiger partial charge in [-0.3, -0.25) is 4.79 Å². The van der Waals surface area contributed by atoms with Gasteiger partial charge in [0, 0.05) is 16.0 Å². The van der Waals surface area contributed by atoms with Crippen LogP contribution in [0.5, 0.6) is 5.75 Å². The van der Waals surface area contributed by atoms with Crippen LogP contribution in [0.4, 0.5) is 0 Å². The van der Waals surface area contributed by atoms with Gasteiger partial charge in [-0.15, -0.1) is 0 Å². The number of nitrogens with two attached hydrogens (primary N) is 1. The fourth-order valence-corrected chi connectivity index (χ4v) is 2.37. The number of nitriles is 1. The molecule has 0 aromatic heterocycles. The van der Waals surface area contributed by atoms with E-state index in [1.807, 2.05) is 6.07 Å². The highest BCUT2D eigenvalue weighted by Crippen LogP contribution is 2.39. The van der Waals surface area contributed by atoms with Crippen molar-refractivity contribution < 1.29 is 15.6 Å². The molecule has 104 valence electrons. The third kappa shape index (κ3) is 2.78. The first-order chi connectivity index (χ1) is 9.99. The first-order valence-corrected chi connectivity index (χ1v) is 6.78. The zero-order valence-electron chi connectivity index (χ0n) is 11.7. The molecule has 0 spiro atoms. The van der Waals surface area contributed by atoms with E-state index in [0.717, 1.165) is 4.47 Å². The summed E-state index contributed by atoms with van der Waals surface area (Å²) in [5.41, 5.74) is 6.24. The van der Waals surface area contributed by atoms with Crippen molar-refractivity contribution in [3.8, 4) is 11.8 Å². The van der Waals surface area contributed by atoms with Gasteiger partial charge >= 0.3 is 5.97 Å². The summed E-state index contributed by atoms with van der Waals surface area (Å²) in [6.45, 7) is 1.82. The van der Waals surface area contributed by atoms with E-state index in [1.54, 1.807) is 25.1 Å². The number of esters is 1. The predicted octanol–water partition coefficient (Wildman–Crippen LogP) is 2.43. The van der Waals surface area contributed by atoms with Crippen LogP contribution in [-0.4, -0.2) is 12.6 Å². The highest BCUT2D eigenvalue weighted by Gasteiger charge is 2.34. The van der Waals surface area contributed by atoms with E-state index in [9.17, 15) is 10.1 Å². The summed E-state index contributed by atoms with van der Waals surface area (Å²) in [7, 11) is 0. The van der Waals surface area contributed by atoms with Gasteiger partial charge in [0.15, 0.2) is 11.8 Å². The number of allylic oxidation sites excluding steroid dienone is 1. The van der Waals surface area contributed by atoms with Gasteiger partial charge in [0.25, 0.3) is 0 Å². The topological polar surface area (TPSA) is 85.3 Å². The number of hydrogen-bond donors (Lipinski definition) is 1. The summed E-state index contributed by atoms with van der Waals surface area (Å²) < 4.78 is 19.1. The summed E-state index contributed by atoms with van der Waals surface area (Å²) >= 11 is 3.33. The lowest BCUT2D eigenvalue weighted by Crippen LogP contribution is -2.26. The van der Waals surface area contributed by atoms with Crippen molar-refractivity contribution in [3.05, 3.63) is 40.2 Å². The average Bonchev–Trinajstić information content (AvgIpc) is 2.45. The van der Waals surface area contributed by atoms with Gasteiger partial charge in [0.05, 0.1) is 14.0 Å². The van der Waals surface area contributed by atoms with Gasteiger partial charge < -0.3 is 15.2 Å². The lowest BCUT2D eigenvalue weighted by Gasteiger charge is -2.25. The molecule has 5 nitrogen and oxygen atoms in total. The minimum atomic E-state index is -1.15. The largest absolute Gasteiger partial charge is 0.465 e. The second-order valence-corrected chi connectivity index (χ2v) is 5.04. The zero-order chi connectivity index (χ0) is 15.6. The molecule has 1 heterocycles. The van der Waals surface area contributed by atoms with E-state index in [0.29, 0.717) is 11.3 Å². The van der Waals surface area contributed by atoms with Gasteiger partial charge in [-0.2, -0.15) is 5.26 Å². The maximum atomic E-state index is 12.0. The predicted molar refractivity (Wildman–Crippen MR) is 75.5 cm³/mol. The Balaban J connectivity index is 2.53. The molecule has 1 aliphatic heterocycles. The summed E-state index contributed by atoms with van der Waals surface area (Å²) in [6, 6.07) is 6.95. The Kier molecular flexibility index (Phi) is 3.88. The molecule has 1 aromatic carbocycles. The standard InChI is InChI=1S/C14H13BrN2O3/c1-2-19-14(18)11(7-16)9-6-13(17)20-12-4-3-8(15)5-10(9)12/h3-6,9,11H,2,17H2,1H3/i6D. The summed E-state index contributed by atoms with van der Waals surface area (Å²) in [4.78, 5) is 12.0. The molecule has 0 saturated carbocycles. The molecule has 0 saturated heterocycles. The molecular formula is C14H13BrN2O3. The van der Waals surface area contributed by atoms with Crippen LogP contribution in [0.25, 0.3) is 0 Å². The third-order valence-corrected chi connectivity index (χ3v) is 3.33. The summed E-state index contributed by atoms with van der Waals surface area (Å²) in [5, 5.41) is 9.32. The highest BCUT2D eigenvalue weighted by molar-refractivity contribution is 9.10. The highest BCUT2D eigenvalue weighted by atomic mass is 79.9. The Hall–Kier alpha value is -2.00. The lowest BCUT2D eigenvalue weighted by atomic mass is 9.85. The van der Waals surface area contributed by atoms with Crippen LogP contribution in [0.15, 0.2) is 34.6 Å². The van der Waals surface area contributed by atoms with Gasteiger partial charge in [-0.25, -0.2) is 0 Å². The fourth-order valence-electron chi connectivity index (χ4n) is 1.99. The van der Waals surface area contributed by atoms with Gasteiger partial charge in [-0.1, -0.05) is 15.9 Å². The minimum Gasteiger partial charge on any atom is -0.465 e. The van der Waals surface area contributed by atoms with Crippen LogP contribution in [0.2, 0.25) is 0 Å². The molecule has 20 heavy (non-hydrogen) atoms. The second-order valence-electron chi connectivity index (χ2n) is 4.13. The molecule has 2 unspecified atom stereocenters. The average molecular weight is 338 g/mol. The molecule has 0 aliphatic carbocycles. The molecule has 2 atom stereocenters. The Bertz CT molecular complexity index is 654. The maximum Gasteiger partial charge on any atom is 0.324 e. The summed E-state index contributed by atoms with van der Waals surface area (Å²) in [5.74, 6) is -2.31. The first-order valence-electron chi connectivity index (χ1n) is 6.49. The van der Waals surface area contributed by atoms with Crippen molar-refractivity contribution in [2.45, 2.75) is 12.8 Å². The Labute approximate surface area is 126 Å². The van der Waals surface area contributed by atoms with Crippen LogP contribution in [-0.2, 0) is 9.53 Å². The quantitative estimate of drug-likeness (QED) is 0.856. The number of carbonyl (C=O) groups excluding carboxylic acids is 1. The molecule has 0 fully saturated rings. The normalized spacial score (nSPS) is 19.2. The number of halogens is 1. The van der Waals surface area contributed by atoms with Crippen molar-refractivity contribution in [3.63, 3.8) is 0 Å². The lowest BCUT2D eigenvalue weighted by molar-refractivity contribution is -0.146. The van der Waals surface area contributed by atoms with Crippen molar-refractivity contribution in [2.75, 3.05) is 6.61 Å². The fraction of sp³-hybridized carbons (Fsp3) is 0.286. The number of benzene rings is 1. The van der Waals surface area contributed by atoms with E-state index in [4.69, 9.17) is 16.6 Å². The molecule has 0 bridgehead atoms. The number of carbonyl (C=O) groups is 1. The SMILES string of the molecule is [2H]C1=C(N)Oc2ccc(Br)cc2C1C(C#N)C(=O)OCC. The van der Waals surface area contributed by atoms with Gasteiger partial charge in [0.1, 0.15) is 5.75 Å². The van der Waals surface area contributed by atoms with Crippen molar-refractivity contribution in [1.29, 1.82) is 5.26 Å². The van der Waals surface area contributed by atoms with E-state index in [-0.39, 0.29) is 18.5 Å². The third-order valence-electron chi connectivity index (χ3n) is 2.84. The molecule has 6 heteroatoms. The Morgan fingerprint density at radius 1 is 1.75 bits per heavy atom. The minimum absolute atomic E-state index is 0.0970. The molecular weight excluding hydrogens is 324 g/mol. The number of hydrogen-bond acceptors (Lipinski definition) is 5. The van der Waals surface area contributed by atoms with Crippen LogP contribution in [0.3, 0.4) is 0 Å². The van der Waals surface area contributed by atoms with Crippen molar-refractivity contribution in [1.82, 2.24) is 0 Å². The molecule has 1 aliphatic rings. The van der Waals surface area contributed by atoms with E-state index in [1.165, 1.54) is 0 Å². The molecule has 0 amide bonds. The Morgan fingerprint density at radius 2 is 2.50 bits per heavy atom. The summed E-state index contributed by atoms with van der Waals surface area (Å²) in [6.07, 6.45) is 0. The number of nitrogens with zero attached hydrogens (tertiary/aromatic N) is 1. The van der Waals surface area contributed by atoms with Gasteiger partial charge in [-0.05, 0) is 31.2 Å². The maximum absolute atomic E-state index is 12.0. The van der Waals surface area contributed by atoms with Crippen LogP contribution >= 0.6 is 15.9 Å². The van der Waals surface area contributed by atoms with Gasteiger partial charge in [0.2, 0.25) is 0 Å². The zero-order valence-corrected chi connectivity index (χ0v) is 12.3. The smallest absolute Gasteiger partial charge is 0.324 e. The van der Waals surface area contributed by atoms with Crippen LogP contribution in [0, 0.1) is 17.2 Å². The van der Waals surface area contributed by atoms with E-state index < -0.39 is 17.8 Å². The van der Waals surface area contributed by atoms with E-state index >= 15 is 0 Å². The number of ether oxygens (including phenoxy) is 2. The van der Waals surface area contributed by atoms with Crippen molar-refractivity contribution >= 4 is 21.9 Å². The Morgan fingerprint density at radius 3 is 3.15 bits per heavy atom. The first kappa shape index (κ1) is 13.0.